The molecule has 0 heterocycles. The lowest BCUT2D eigenvalue weighted by Crippen LogP contribution is -2.29. The molecule has 0 spiro atoms. The topological polar surface area (TPSA) is 47.9 Å². The SMILES string of the molecule is COc1cc(CC(O)c2ccc(O[Si](C)(C)C)cc2)cc(OC)c1. The van der Waals surface area contributed by atoms with Crippen LogP contribution < -0.4 is 13.9 Å². The smallest absolute Gasteiger partial charge is 0.242 e. The van der Waals surface area contributed by atoms with Gasteiger partial charge in [0.25, 0.3) is 0 Å². The first kappa shape index (κ1) is 18.4. The molecule has 5 heteroatoms. The highest BCUT2D eigenvalue weighted by Gasteiger charge is 2.17. The third kappa shape index (κ3) is 5.28. The Bertz CT molecular complexity index is 640. The summed E-state index contributed by atoms with van der Waals surface area (Å²) in [5, 5.41) is 10.5. The second-order valence-electron chi connectivity index (χ2n) is 6.72. The lowest BCUT2D eigenvalue weighted by molar-refractivity contribution is 0.178. The average molecular weight is 346 g/mol. The van der Waals surface area contributed by atoms with Crippen molar-refractivity contribution in [3.63, 3.8) is 0 Å². The first-order valence-corrected chi connectivity index (χ1v) is 11.4. The van der Waals surface area contributed by atoms with Crippen LogP contribution in [0, 0.1) is 0 Å². The van der Waals surface area contributed by atoms with Crippen LogP contribution in [0.5, 0.6) is 17.2 Å². The molecule has 130 valence electrons. The highest BCUT2D eigenvalue weighted by atomic mass is 28.4. The maximum Gasteiger partial charge on any atom is 0.242 e. The minimum Gasteiger partial charge on any atom is -0.544 e. The number of methoxy groups -OCH3 is 2. The number of rotatable bonds is 7. The van der Waals surface area contributed by atoms with Crippen LogP contribution in [-0.2, 0) is 6.42 Å². The van der Waals surface area contributed by atoms with E-state index in [1.807, 2.05) is 42.5 Å². The molecule has 2 aromatic rings. The van der Waals surface area contributed by atoms with Crippen LogP contribution in [0.3, 0.4) is 0 Å². The van der Waals surface area contributed by atoms with Crippen molar-refractivity contribution in [1.82, 2.24) is 0 Å². The van der Waals surface area contributed by atoms with E-state index in [-0.39, 0.29) is 0 Å². The zero-order valence-corrected chi connectivity index (χ0v) is 16.0. The molecule has 1 atom stereocenters. The minimum absolute atomic E-state index is 0.488. The number of aliphatic hydroxyl groups is 1. The Balaban J connectivity index is 2.10. The first-order valence-electron chi connectivity index (χ1n) is 8.00. The third-order valence-corrected chi connectivity index (χ3v) is 4.38. The van der Waals surface area contributed by atoms with Crippen LogP contribution in [0.2, 0.25) is 19.6 Å². The summed E-state index contributed by atoms with van der Waals surface area (Å²) in [5.74, 6) is 2.29. The standard InChI is InChI=1S/C19H26O4Si/c1-21-17-10-14(11-18(13-17)22-2)12-19(20)15-6-8-16(9-7-15)23-24(3,4)5/h6-11,13,19-20H,12H2,1-5H3. The molecule has 24 heavy (non-hydrogen) atoms. The van der Waals surface area contributed by atoms with Gasteiger partial charge in [0.2, 0.25) is 8.32 Å². The molecule has 0 saturated heterocycles. The van der Waals surface area contributed by atoms with Crippen molar-refractivity contribution in [2.24, 2.45) is 0 Å². The molecule has 2 aromatic carbocycles. The van der Waals surface area contributed by atoms with Gasteiger partial charge >= 0.3 is 0 Å². The van der Waals surface area contributed by atoms with E-state index in [0.29, 0.717) is 6.42 Å². The van der Waals surface area contributed by atoms with Gasteiger partial charge in [0.1, 0.15) is 17.2 Å². The van der Waals surface area contributed by atoms with Crippen LogP contribution in [0.15, 0.2) is 42.5 Å². The van der Waals surface area contributed by atoms with E-state index >= 15 is 0 Å². The molecular weight excluding hydrogens is 320 g/mol. The summed E-state index contributed by atoms with van der Waals surface area (Å²) in [5.41, 5.74) is 1.82. The van der Waals surface area contributed by atoms with E-state index in [1.165, 1.54) is 0 Å². The zero-order valence-electron chi connectivity index (χ0n) is 15.0. The summed E-state index contributed by atoms with van der Waals surface area (Å²) in [6.07, 6.45) is -0.107. The minimum atomic E-state index is -1.61. The van der Waals surface area contributed by atoms with Gasteiger partial charge in [-0.25, -0.2) is 0 Å². The Kier molecular flexibility index (Phi) is 5.91. The summed E-state index contributed by atoms with van der Waals surface area (Å²) in [6.45, 7) is 6.43. The molecule has 0 aliphatic rings. The van der Waals surface area contributed by atoms with Gasteiger partial charge in [-0.05, 0) is 55.0 Å². The second kappa shape index (κ2) is 7.72. The fourth-order valence-corrected chi connectivity index (χ4v) is 3.28. The van der Waals surface area contributed by atoms with Gasteiger partial charge in [0.15, 0.2) is 0 Å². The molecule has 0 radical (unpaired) electrons. The van der Waals surface area contributed by atoms with E-state index in [4.69, 9.17) is 13.9 Å². The van der Waals surface area contributed by atoms with Gasteiger partial charge in [0.05, 0.1) is 20.3 Å². The quantitative estimate of drug-likeness (QED) is 0.764. The van der Waals surface area contributed by atoms with Crippen molar-refractivity contribution in [3.05, 3.63) is 53.6 Å². The molecule has 0 aliphatic heterocycles. The van der Waals surface area contributed by atoms with E-state index < -0.39 is 14.4 Å². The Morgan fingerprint density at radius 2 is 1.42 bits per heavy atom. The predicted molar refractivity (Wildman–Crippen MR) is 98.6 cm³/mol. The zero-order chi connectivity index (χ0) is 17.7. The number of ether oxygens (including phenoxy) is 2. The molecule has 1 N–H and O–H groups in total. The molecular formula is C19H26O4Si. The van der Waals surface area contributed by atoms with Crippen LogP contribution in [0.4, 0.5) is 0 Å². The van der Waals surface area contributed by atoms with E-state index in [0.717, 1.165) is 28.4 Å². The van der Waals surface area contributed by atoms with Crippen molar-refractivity contribution >= 4 is 8.32 Å². The van der Waals surface area contributed by atoms with E-state index in [1.54, 1.807) is 14.2 Å². The van der Waals surface area contributed by atoms with Gasteiger partial charge in [-0.3, -0.25) is 0 Å². The lowest BCUT2D eigenvalue weighted by Gasteiger charge is -2.20. The Morgan fingerprint density at radius 3 is 1.88 bits per heavy atom. The van der Waals surface area contributed by atoms with Gasteiger partial charge in [-0.1, -0.05) is 12.1 Å². The highest BCUT2D eigenvalue weighted by Crippen LogP contribution is 2.27. The molecule has 0 saturated carbocycles. The second-order valence-corrected chi connectivity index (χ2v) is 11.2. The van der Waals surface area contributed by atoms with Crippen LogP contribution in [0.25, 0.3) is 0 Å². The Morgan fingerprint density at radius 1 is 0.875 bits per heavy atom. The lowest BCUT2D eigenvalue weighted by atomic mass is 10.0. The van der Waals surface area contributed by atoms with Crippen molar-refractivity contribution in [2.45, 2.75) is 32.2 Å². The molecule has 0 aromatic heterocycles. The maximum absolute atomic E-state index is 10.5. The number of aliphatic hydroxyl groups excluding tert-OH is 1. The van der Waals surface area contributed by atoms with Gasteiger partial charge in [-0.15, -0.1) is 0 Å². The number of hydrogen-bond acceptors (Lipinski definition) is 4. The molecule has 1 unspecified atom stereocenters. The van der Waals surface area contributed by atoms with Crippen LogP contribution in [0.1, 0.15) is 17.2 Å². The van der Waals surface area contributed by atoms with Crippen molar-refractivity contribution in [3.8, 4) is 17.2 Å². The molecule has 2 rings (SSSR count). The van der Waals surface area contributed by atoms with Crippen LogP contribution >= 0.6 is 0 Å². The van der Waals surface area contributed by atoms with E-state index in [2.05, 4.69) is 19.6 Å². The normalized spacial score (nSPS) is 12.6. The van der Waals surface area contributed by atoms with E-state index in [9.17, 15) is 5.11 Å². The largest absolute Gasteiger partial charge is 0.544 e. The molecule has 0 fully saturated rings. The summed E-state index contributed by atoms with van der Waals surface area (Å²) >= 11 is 0. The molecule has 0 aliphatic carbocycles. The van der Waals surface area contributed by atoms with Gasteiger partial charge < -0.3 is 19.0 Å². The van der Waals surface area contributed by atoms with Crippen molar-refractivity contribution in [1.29, 1.82) is 0 Å². The van der Waals surface area contributed by atoms with Crippen molar-refractivity contribution in [2.75, 3.05) is 14.2 Å². The molecule has 4 nitrogen and oxygen atoms in total. The predicted octanol–water partition coefficient (Wildman–Crippen LogP) is 4.19. The molecule has 0 bridgehead atoms. The third-order valence-electron chi connectivity index (χ3n) is 3.53. The van der Waals surface area contributed by atoms with Gasteiger partial charge in [0, 0.05) is 12.5 Å². The Hall–Kier alpha value is -1.98. The number of benzene rings is 2. The molecule has 0 amide bonds. The summed E-state index contributed by atoms with van der Waals surface area (Å²) in [6, 6.07) is 13.3. The fourth-order valence-electron chi connectivity index (χ4n) is 2.44. The number of hydrogen-bond donors (Lipinski definition) is 1. The maximum atomic E-state index is 10.5. The summed E-state index contributed by atoms with van der Waals surface area (Å²) in [7, 11) is 1.62. The Labute approximate surface area is 145 Å². The fraction of sp³-hybridized carbons (Fsp3) is 0.368. The first-order chi connectivity index (χ1) is 11.3. The van der Waals surface area contributed by atoms with Crippen molar-refractivity contribution < 1.29 is 19.0 Å². The van der Waals surface area contributed by atoms with Crippen LogP contribution in [-0.4, -0.2) is 27.6 Å². The summed E-state index contributed by atoms with van der Waals surface area (Å²) < 4.78 is 16.5. The summed E-state index contributed by atoms with van der Waals surface area (Å²) in [4.78, 5) is 0. The van der Waals surface area contributed by atoms with Gasteiger partial charge in [-0.2, -0.15) is 0 Å². The average Bonchev–Trinajstić information content (AvgIpc) is 2.53. The highest BCUT2D eigenvalue weighted by molar-refractivity contribution is 6.70. The monoisotopic (exact) mass is 346 g/mol.